The van der Waals surface area contributed by atoms with Crippen molar-refractivity contribution in [3.63, 3.8) is 0 Å². The van der Waals surface area contributed by atoms with Crippen molar-refractivity contribution in [3.8, 4) is 22.8 Å². The van der Waals surface area contributed by atoms with Crippen molar-refractivity contribution in [3.05, 3.63) is 65.7 Å². The number of hydrogen-bond acceptors (Lipinski definition) is 9. The highest BCUT2D eigenvalue weighted by Gasteiger charge is 2.17. The fraction of sp³-hybridized carbons (Fsp3) is 0.269. The number of anilines is 3. The number of pyridine rings is 1. The molecule has 0 aliphatic carbocycles. The largest absolute Gasteiger partial charge is 0.497 e. The van der Waals surface area contributed by atoms with Crippen LogP contribution in [0.25, 0.3) is 11.3 Å². The van der Waals surface area contributed by atoms with Gasteiger partial charge in [-0.25, -0.2) is 15.0 Å². The molecule has 0 bridgehead atoms. The minimum atomic E-state index is -0.239. The van der Waals surface area contributed by atoms with Gasteiger partial charge in [0.05, 0.1) is 19.9 Å². The SMILES string of the molecule is COc1ccc(OC)c(-c2cc(C(=O)NCCNc3cc(Nc4cc(C)ccn4)nc(C)n3)n(C)n2)c1. The Labute approximate surface area is 215 Å². The first-order valence-corrected chi connectivity index (χ1v) is 11.7. The Balaban J connectivity index is 1.36. The highest BCUT2D eigenvalue weighted by atomic mass is 16.5. The van der Waals surface area contributed by atoms with Gasteiger partial charge in [0.2, 0.25) is 0 Å². The molecule has 0 aliphatic rings. The van der Waals surface area contributed by atoms with Crippen molar-refractivity contribution < 1.29 is 14.3 Å². The lowest BCUT2D eigenvalue weighted by atomic mass is 10.1. The Bertz CT molecular complexity index is 1400. The third-order valence-electron chi connectivity index (χ3n) is 5.52. The number of hydrogen-bond donors (Lipinski definition) is 3. The van der Waals surface area contributed by atoms with Gasteiger partial charge >= 0.3 is 0 Å². The van der Waals surface area contributed by atoms with Crippen molar-refractivity contribution in [2.75, 3.05) is 37.9 Å². The Morgan fingerprint density at radius 2 is 1.76 bits per heavy atom. The highest BCUT2D eigenvalue weighted by molar-refractivity contribution is 5.94. The Kier molecular flexibility index (Phi) is 7.82. The van der Waals surface area contributed by atoms with Gasteiger partial charge in [-0.3, -0.25) is 9.48 Å². The molecular weight excluding hydrogens is 472 g/mol. The molecule has 0 saturated heterocycles. The Morgan fingerprint density at radius 3 is 2.51 bits per heavy atom. The quantitative estimate of drug-likeness (QED) is 0.279. The van der Waals surface area contributed by atoms with E-state index in [1.165, 1.54) is 0 Å². The number of nitrogens with zero attached hydrogens (tertiary/aromatic N) is 5. The lowest BCUT2D eigenvalue weighted by Gasteiger charge is -2.11. The summed E-state index contributed by atoms with van der Waals surface area (Å²) in [6, 6.07) is 12.8. The predicted octanol–water partition coefficient (Wildman–Crippen LogP) is 3.49. The number of aryl methyl sites for hydroxylation is 3. The topological polar surface area (TPSA) is 128 Å². The number of aromatic nitrogens is 5. The summed E-state index contributed by atoms with van der Waals surface area (Å²) in [7, 11) is 4.91. The second kappa shape index (κ2) is 11.4. The molecule has 4 aromatic rings. The molecule has 192 valence electrons. The summed E-state index contributed by atoms with van der Waals surface area (Å²) in [6.45, 7) is 4.67. The fourth-order valence-corrected chi connectivity index (χ4v) is 3.74. The van der Waals surface area contributed by atoms with Crippen LogP contribution in [0.1, 0.15) is 21.9 Å². The Morgan fingerprint density at radius 1 is 0.946 bits per heavy atom. The summed E-state index contributed by atoms with van der Waals surface area (Å²) in [5.74, 6) is 3.67. The van der Waals surface area contributed by atoms with Crippen LogP contribution in [0.3, 0.4) is 0 Å². The molecule has 0 aliphatic heterocycles. The molecule has 0 unspecified atom stereocenters. The van der Waals surface area contributed by atoms with Crippen molar-refractivity contribution in [1.82, 2.24) is 30.0 Å². The minimum absolute atomic E-state index is 0.239. The first-order valence-electron chi connectivity index (χ1n) is 11.7. The second-order valence-corrected chi connectivity index (χ2v) is 8.32. The lowest BCUT2D eigenvalue weighted by Crippen LogP contribution is -2.30. The van der Waals surface area contributed by atoms with Crippen LogP contribution in [0.5, 0.6) is 11.5 Å². The summed E-state index contributed by atoms with van der Waals surface area (Å²) >= 11 is 0. The van der Waals surface area contributed by atoms with Gasteiger partial charge in [0.1, 0.15) is 40.5 Å². The van der Waals surface area contributed by atoms with E-state index in [0.29, 0.717) is 59.3 Å². The standard InChI is InChI=1S/C26H30N8O3/c1-16-8-9-27-23(12-16)32-25-15-24(30-17(2)31-25)28-10-11-29-26(35)21-14-20(33-34(21)3)19-13-18(36-4)6-7-22(19)37-5/h6-9,12-15H,10-11H2,1-5H3,(H,29,35)(H2,27,28,30,31,32). The monoisotopic (exact) mass is 502 g/mol. The summed E-state index contributed by atoms with van der Waals surface area (Å²) < 4.78 is 12.3. The first-order chi connectivity index (χ1) is 17.9. The van der Waals surface area contributed by atoms with Gasteiger partial charge in [-0.1, -0.05) is 0 Å². The normalized spacial score (nSPS) is 10.6. The molecule has 0 radical (unpaired) electrons. The first kappa shape index (κ1) is 25.4. The van der Waals surface area contributed by atoms with E-state index >= 15 is 0 Å². The molecule has 0 atom stereocenters. The molecule has 0 fully saturated rings. The van der Waals surface area contributed by atoms with Gasteiger partial charge in [-0.2, -0.15) is 5.10 Å². The number of carbonyl (C=O) groups excluding carboxylic acids is 1. The van der Waals surface area contributed by atoms with Gasteiger partial charge in [0, 0.05) is 38.0 Å². The van der Waals surface area contributed by atoms with Crippen molar-refractivity contribution in [1.29, 1.82) is 0 Å². The second-order valence-electron chi connectivity index (χ2n) is 8.32. The number of benzene rings is 1. The van der Waals surface area contributed by atoms with E-state index in [4.69, 9.17) is 9.47 Å². The molecular formula is C26H30N8O3. The molecule has 3 N–H and O–H groups in total. The minimum Gasteiger partial charge on any atom is -0.497 e. The number of carbonyl (C=O) groups is 1. The van der Waals surface area contributed by atoms with E-state index in [2.05, 4.69) is 36.0 Å². The van der Waals surface area contributed by atoms with Gasteiger partial charge in [-0.05, 0) is 55.8 Å². The molecule has 0 saturated carbocycles. The predicted molar refractivity (Wildman–Crippen MR) is 142 cm³/mol. The zero-order valence-corrected chi connectivity index (χ0v) is 21.5. The maximum atomic E-state index is 12.8. The van der Waals surface area contributed by atoms with E-state index in [9.17, 15) is 4.79 Å². The van der Waals surface area contributed by atoms with Gasteiger partial charge in [0.25, 0.3) is 5.91 Å². The van der Waals surface area contributed by atoms with E-state index in [-0.39, 0.29) is 5.91 Å². The fourth-order valence-electron chi connectivity index (χ4n) is 3.74. The number of methoxy groups -OCH3 is 2. The lowest BCUT2D eigenvalue weighted by molar-refractivity contribution is 0.0945. The van der Waals surface area contributed by atoms with E-state index < -0.39 is 0 Å². The third kappa shape index (κ3) is 6.31. The van der Waals surface area contributed by atoms with Crippen LogP contribution >= 0.6 is 0 Å². The van der Waals surface area contributed by atoms with Crippen LogP contribution in [-0.2, 0) is 7.05 Å². The zero-order chi connectivity index (χ0) is 26.4. The zero-order valence-electron chi connectivity index (χ0n) is 21.5. The van der Waals surface area contributed by atoms with Gasteiger partial charge < -0.3 is 25.4 Å². The number of amides is 1. The highest BCUT2D eigenvalue weighted by Crippen LogP contribution is 2.32. The summed E-state index contributed by atoms with van der Waals surface area (Å²) in [5.41, 5.74) is 2.87. The van der Waals surface area contributed by atoms with Crippen LogP contribution in [0.4, 0.5) is 17.5 Å². The molecule has 1 amide bonds. The molecule has 11 heteroatoms. The van der Waals surface area contributed by atoms with Crippen LogP contribution in [0, 0.1) is 13.8 Å². The Hall–Kier alpha value is -4.67. The molecule has 3 heterocycles. The van der Waals surface area contributed by atoms with Crippen molar-refractivity contribution in [2.45, 2.75) is 13.8 Å². The van der Waals surface area contributed by atoms with E-state index in [1.54, 1.807) is 50.3 Å². The number of nitrogens with one attached hydrogen (secondary N) is 3. The average molecular weight is 503 g/mol. The van der Waals surface area contributed by atoms with Crippen LogP contribution in [-0.4, -0.2) is 57.9 Å². The molecule has 1 aromatic carbocycles. The van der Waals surface area contributed by atoms with Crippen LogP contribution in [0.2, 0.25) is 0 Å². The average Bonchev–Trinajstić information content (AvgIpc) is 3.27. The van der Waals surface area contributed by atoms with Crippen molar-refractivity contribution >= 4 is 23.4 Å². The maximum Gasteiger partial charge on any atom is 0.269 e. The summed E-state index contributed by atoms with van der Waals surface area (Å²) in [6.07, 6.45) is 1.74. The molecule has 4 rings (SSSR count). The van der Waals surface area contributed by atoms with Crippen LogP contribution < -0.4 is 25.4 Å². The van der Waals surface area contributed by atoms with Gasteiger partial charge in [0.15, 0.2) is 0 Å². The number of rotatable bonds is 10. The molecule has 3 aromatic heterocycles. The van der Waals surface area contributed by atoms with E-state index in [0.717, 1.165) is 11.1 Å². The summed E-state index contributed by atoms with van der Waals surface area (Å²) in [5, 5.41) is 13.8. The molecule has 11 nitrogen and oxygen atoms in total. The van der Waals surface area contributed by atoms with Crippen LogP contribution in [0.15, 0.2) is 48.7 Å². The molecule has 37 heavy (non-hydrogen) atoms. The van der Waals surface area contributed by atoms with E-state index in [1.807, 2.05) is 38.1 Å². The maximum absolute atomic E-state index is 12.8. The molecule has 0 spiro atoms. The number of ether oxygens (including phenoxy) is 2. The third-order valence-corrected chi connectivity index (χ3v) is 5.52. The summed E-state index contributed by atoms with van der Waals surface area (Å²) in [4.78, 5) is 26.0. The van der Waals surface area contributed by atoms with Crippen molar-refractivity contribution in [2.24, 2.45) is 7.05 Å². The van der Waals surface area contributed by atoms with Gasteiger partial charge in [-0.15, -0.1) is 0 Å². The smallest absolute Gasteiger partial charge is 0.269 e.